The molecular formula is C18H17BrClN3O4S2. The van der Waals surface area contributed by atoms with Crippen molar-refractivity contribution in [3.05, 3.63) is 51.6 Å². The van der Waals surface area contributed by atoms with Crippen LogP contribution in [0, 0.1) is 0 Å². The Morgan fingerprint density at radius 1 is 1.14 bits per heavy atom. The molecule has 0 atom stereocenters. The van der Waals surface area contributed by atoms with Crippen LogP contribution in [0.1, 0.15) is 0 Å². The number of fused-ring (bicyclic) bond motifs is 1. The number of ether oxygens (including phenoxy) is 2. The molecule has 29 heavy (non-hydrogen) atoms. The second-order valence-electron chi connectivity index (χ2n) is 6.09. The molecule has 0 spiro atoms. The van der Waals surface area contributed by atoms with Crippen molar-refractivity contribution >= 4 is 55.6 Å². The molecule has 0 saturated heterocycles. The number of benzene rings is 2. The van der Waals surface area contributed by atoms with Gasteiger partial charge in [-0.1, -0.05) is 17.7 Å². The Hall–Kier alpha value is -1.85. The normalized spacial score (nSPS) is 13.8. The van der Waals surface area contributed by atoms with Gasteiger partial charge in [-0.05, 0) is 24.3 Å². The first-order valence-corrected chi connectivity index (χ1v) is 11.0. The van der Waals surface area contributed by atoms with Gasteiger partial charge < -0.3 is 14.0 Å². The SMILES string of the molecule is Br.Cn1c(-c2ccc(Cl)c(S(N)(=O)=O)c2)cs/c1=N/c1ccc2c(c1)OCCO2. The molecule has 154 valence electrons. The first kappa shape index (κ1) is 21.8. The minimum Gasteiger partial charge on any atom is -0.486 e. The summed E-state index contributed by atoms with van der Waals surface area (Å²) < 4.78 is 36.5. The predicted octanol–water partition coefficient (Wildman–Crippen LogP) is 3.64. The number of halogens is 2. The summed E-state index contributed by atoms with van der Waals surface area (Å²) in [5.41, 5.74) is 2.20. The van der Waals surface area contributed by atoms with E-state index >= 15 is 0 Å². The zero-order valence-corrected chi connectivity index (χ0v) is 19.3. The van der Waals surface area contributed by atoms with Gasteiger partial charge in [0.25, 0.3) is 0 Å². The highest BCUT2D eigenvalue weighted by Crippen LogP contribution is 2.33. The highest BCUT2D eigenvalue weighted by atomic mass is 79.9. The van der Waals surface area contributed by atoms with Crippen LogP contribution in [0.4, 0.5) is 5.69 Å². The number of rotatable bonds is 3. The van der Waals surface area contributed by atoms with E-state index in [-0.39, 0.29) is 26.9 Å². The van der Waals surface area contributed by atoms with Gasteiger partial charge in [-0.15, -0.1) is 28.3 Å². The van der Waals surface area contributed by atoms with Crippen molar-refractivity contribution in [1.82, 2.24) is 4.57 Å². The molecule has 2 aromatic carbocycles. The van der Waals surface area contributed by atoms with Gasteiger partial charge >= 0.3 is 0 Å². The van der Waals surface area contributed by atoms with Gasteiger partial charge in [0.1, 0.15) is 18.1 Å². The zero-order chi connectivity index (χ0) is 19.9. The maximum Gasteiger partial charge on any atom is 0.239 e. The Kier molecular flexibility index (Phi) is 6.39. The molecule has 0 amide bonds. The quantitative estimate of drug-likeness (QED) is 0.573. The Morgan fingerprint density at radius 2 is 1.86 bits per heavy atom. The number of sulfonamides is 1. The van der Waals surface area contributed by atoms with E-state index in [9.17, 15) is 8.42 Å². The number of aromatic nitrogens is 1. The summed E-state index contributed by atoms with van der Waals surface area (Å²) in [6, 6.07) is 10.2. The Bertz CT molecular complexity index is 1240. The molecule has 3 aromatic rings. The molecule has 0 fully saturated rings. The molecule has 11 heteroatoms. The van der Waals surface area contributed by atoms with Crippen molar-refractivity contribution in [2.45, 2.75) is 4.90 Å². The molecular weight excluding hydrogens is 502 g/mol. The number of hydrogen-bond acceptors (Lipinski definition) is 6. The van der Waals surface area contributed by atoms with E-state index in [0.29, 0.717) is 30.3 Å². The molecule has 0 saturated carbocycles. The minimum absolute atomic E-state index is 0. The summed E-state index contributed by atoms with van der Waals surface area (Å²) in [5.74, 6) is 1.38. The number of thiazole rings is 1. The third-order valence-corrected chi connectivity index (χ3v) is 6.52. The predicted molar refractivity (Wildman–Crippen MR) is 118 cm³/mol. The summed E-state index contributed by atoms with van der Waals surface area (Å²) in [6.07, 6.45) is 0. The summed E-state index contributed by atoms with van der Waals surface area (Å²) in [5, 5.41) is 7.23. The fraction of sp³-hybridized carbons (Fsp3) is 0.167. The van der Waals surface area contributed by atoms with Gasteiger partial charge in [-0.3, -0.25) is 0 Å². The van der Waals surface area contributed by atoms with Crippen LogP contribution in [0.2, 0.25) is 5.02 Å². The third-order valence-electron chi connectivity index (χ3n) is 4.21. The molecule has 7 nitrogen and oxygen atoms in total. The molecule has 1 aliphatic rings. The van der Waals surface area contributed by atoms with E-state index in [1.807, 2.05) is 35.2 Å². The molecule has 2 N–H and O–H groups in total. The summed E-state index contributed by atoms with van der Waals surface area (Å²) in [7, 11) is -2.06. The summed E-state index contributed by atoms with van der Waals surface area (Å²) in [6.45, 7) is 1.05. The molecule has 2 heterocycles. The fourth-order valence-electron chi connectivity index (χ4n) is 2.83. The van der Waals surface area contributed by atoms with Crippen LogP contribution in [0.3, 0.4) is 0 Å². The zero-order valence-electron chi connectivity index (χ0n) is 15.2. The topological polar surface area (TPSA) is 95.9 Å². The van der Waals surface area contributed by atoms with Crippen molar-refractivity contribution in [3.8, 4) is 22.8 Å². The molecule has 4 rings (SSSR count). The fourth-order valence-corrected chi connectivity index (χ4v) is 4.82. The van der Waals surface area contributed by atoms with Gasteiger partial charge in [0, 0.05) is 24.1 Å². The standard InChI is InChI=1S/C18H16ClN3O4S2.BrH/c1-22-14(11-2-4-13(19)17(8-11)28(20,23)24)10-27-18(22)21-12-3-5-15-16(9-12)26-7-6-25-15;/h2-5,8-10H,6-7H2,1H3,(H2,20,23,24);1H/b21-18+;. The lowest BCUT2D eigenvalue weighted by Gasteiger charge is -2.18. The van der Waals surface area contributed by atoms with Crippen LogP contribution in [-0.4, -0.2) is 26.2 Å². The van der Waals surface area contributed by atoms with Crippen molar-refractivity contribution in [2.75, 3.05) is 13.2 Å². The van der Waals surface area contributed by atoms with Gasteiger partial charge in [0.2, 0.25) is 10.0 Å². The number of hydrogen-bond donors (Lipinski definition) is 1. The largest absolute Gasteiger partial charge is 0.486 e. The van der Waals surface area contributed by atoms with Crippen LogP contribution >= 0.6 is 39.9 Å². The van der Waals surface area contributed by atoms with Crippen LogP contribution in [-0.2, 0) is 17.1 Å². The van der Waals surface area contributed by atoms with E-state index in [4.69, 9.17) is 26.2 Å². The van der Waals surface area contributed by atoms with Gasteiger partial charge in [-0.25, -0.2) is 18.5 Å². The average molecular weight is 519 g/mol. The van der Waals surface area contributed by atoms with Crippen LogP contribution in [0.15, 0.2) is 51.7 Å². The Morgan fingerprint density at radius 3 is 2.59 bits per heavy atom. The van der Waals surface area contributed by atoms with Gasteiger partial charge in [0.05, 0.1) is 16.4 Å². The van der Waals surface area contributed by atoms with Crippen molar-refractivity contribution in [3.63, 3.8) is 0 Å². The monoisotopic (exact) mass is 517 g/mol. The van der Waals surface area contributed by atoms with Gasteiger partial charge in [0.15, 0.2) is 16.3 Å². The Balaban J connectivity index is 0.00000240. The third kappa shape index (κ3) is 4.51. The molecule has 0 bridgehead atoms. The number of primary sulfonamides is 1. The molecule has 0 aliphatic carbocycles. The highest BCUT2D eigenvalue weighted by Gasteiger charge is 2.16. The van der Waals surface area contributed by atoms with E-state index in [0.717, 1.165) is 16.2 Å². The molecule has 1 aliphatic heterocycles. The summed E-state index contributed by atoms with van der Waals surface area (Å²) in [4.78, 5) is 5.29. The smallest absolute Gasteiger partial charge is 0.239 e. The van der Waals surface area contributed by atoms with Crippen LogP contribution in [0.25, 0.3) is 11.3 Å². The van der Waals surface area contributed by atoms with E-state index in [1.54, 1.807) is 6.07 Å². The van der Waals surface area contributed by atoms with Crippen LogP contribution < -0.4 is 19.4 Å². The molecule has 0 radical (unpaired) electrons. The van der Waals surface area contributed by atoms with Crippen molar-refractivity contribution in [2.24, 2.45) is 17.2 Å². The van der Waals surface area contributed by atoms with E-state index < -0.39 is 10.0 Å². The summed E-state index contributed by atoms with van der Waals surface area (Å²) >= 11 is 7.41. The second kappa shape index (κ2) is 8.49. The maximum absolute atomic E-state index is 11.7. The first-order chi connectivity index (χ1) is 13.3. The van der Waals surface area contributed by atoms with Crippen molar-refractivity contribution < 1.29 is 17.9 Å². The second-order valence-corrected chi connectivity index (χ2v) is 8.87. The first-order valence-electron chi connectivity index (χ1n) is 8.24. The number of nitrogens with two attached hydrogens (primary N) is 1. The average Bonchev–Trinajstić information content (AvgIpc) is 3.01. The molecule has 0 unspecified atom stereocenters. The lowest BCUT2D eigenvalue weighted by Crippen LogP contribution is -2.15. The minimum atomic E-state index is -3.91. The highest BCUT2D eigenvalue weighted by molar-refractivity contribution is 8.93. The Labute approximate surface area is 187 Å². The van der Waals surface area contributed by atoms with Crippen molar-refractivity contribution in [1.29, 1.82) is 0 Å². The van der Waals surface area contributed by atoms with Gasteiger partial charge in [-0.2, -0.15) is 0 Å². The van der Waals surface area contributed by atoms with E-state index in [1.165, 1.54) is 23.5 Å². The van der Waals surface area contributed by atoms with E-state index in [2.05, 4.69) is 4.99 Å². The van der Waals surface area contributed by atoms with Crippen LogP contribution in [0.5, 0.6) is 11.5 Å². The molecule has 1 aromatic heterocycles. The maximum atomic E-state index is 11.7. The number of nitrogens with zero attached hydrogens (tertiary/aromatic N) is 2. The lowest BCUT2D eigenvalue weighted by molar-refractivity contribution is 0.171. The lowest BCUT2D eigenvalue weighted by atomic mass is 10.2.